The van der Waals surface area contributed by atoms with E-state index < -0.39 is 5.97 Å². The Hall–Kier alpha value is -1.52. The van der Waals surface area contributed by atoms with E-state index in [1.165, 1.54) is 0 Å². The Morgan fingerprint density at radius 1 is 1.43 bits per heavy atom. The van der Waals surface area contributed by atoms with E-state index in [0.717, 1.165) is 36.9 Å². The predicted octanol–water partition coefficient (Wildman–Crippen LogP) is 4.32. The lowest BCUT2D eigenvalue weighted by Gasteiger charge is -2.16. The van der Waals surface area contributed by atoms with Crippen LogP contribution in [0.15, 0.2) is 16.5 Å². The molecular formula is C16H20ClNO3. The molecule has 1 aromatic carbocycles. The number of unbranched alkanes of at least 4 members (excludes halogenated alkanes) is 1. The Morgan fingerprint density at radius 3 is 2.76 bits per heavy atom. The van der Waals surface area contributed by atoms with Gasteiger partial charge >= 0.3 is 5.97 Å². The van der Waals surface area contributed by atoms with Crippen molar-refractivity contribution in [1.82, 2.24) is 4.90 Å². The summed E-state index contributed by atoms with van der Waals surface area (Å²) in [6.07, 6.45) is 2.31. The number of benzene rings is 1. The van der Waals surface area contributed by atoms with Gasteiger partial charge in [0, 0.05) is 17.5 Å². The Balaban J connectivity index is 2.35. The molecule has 4 nitrogen and oxygen atoms in total. The molecule has 0 amide bonds. The molecule has 1 heterocycles. The highest BCUT2D eigenvalue weighted by Gasteiger charge is 2.19. The van der Waals surface area contributed by atoms with E-state index in [2.05, 4.69) is 18.9 Å². The zero-order valence-electron chi connectivity index (χ0n) is 12.6. The van der Waals surface area contributed by atoms with E-state index in [1.807, 2.05) is 12.1 Å². The predicted molar refractivity (Wildman–Crippen MR) is 84.2 cm³/mol. The Kier molecular flexibility index (Phi) is 4.91. The summed E-state index contributed by atoms with van der Waals surface area (Å²) in [7, 11) is 2.07. The van der Waals surface area contributed by atoms with Gasteiger partial charge in [0.1, 0.15) is 0 Å². The first-order valence-electron chi connectivity index (χ1n) is 7.07. The molecule has 0 saturated carbocycles. The topological polar surface area (TPSA) is 53.7 Å². The van der Waals surface area contributed by atoms with Crippen LogP contribution in [0.3, 0.4) is 0 Å². The SMILES string of the molecule is CCCCN(C)Cc1cc(Cl)c2oc(C(=O)O)c(C)c2c1. The number of rotatable bonds is 6. The van der Waals surface area contributed by atoms with Gasteiger partial charge in [-0.1, -0.05) is 24.9 Å². The van der Waals surface area contributed by atoms with Crippen molar-refractivity contribution in [1.29, 1.82) is 0 Å². The molecule has 1 N–H and O–H groups in total. The number of hydrogen-bond donors (Lipinski definition) is 1. The summed E-state index contributed by atoms with van der Waals surface area (Å²) in [5, 5.41) is 10.4. The average Bonchev–Trinajstić information content (AvgIpc) is 2.75. The summed E-state index contributed by atoms with van der Waals surface area (Å²) in [6.45, 7) is 5.72. The first-order valence-corrected chi connectivity index (χ1v) is 7.45. The molecule has 5 heteroatoms. The van der Waals surface area contributed by atoms with Crippen LogP contribution in [0.4, 0.5) is 0 Å². The lowest BCUT2D eigenvalue weighted by atomic mass is 10.1. The number of fused-ring (bicyclic) bond motifs is 1. The standard InChI is InChI=1S/C16H20ClNO3/c1-4-5-6-18(3)9-11-7-12-10(2)14(16(19)20)21-15(12)13(17)8-11/h7-8H,4-6,9H2,1-3H3,(H,19,20). The highest BCUT2D eigenvalue weighted by molar-refractivity contribution is 6.35. The Morgan fingerprint density at radius 2 is 2.14 bits per heavy atom. The van der Waals surface area contributed by atoms with E-state index in [4.69, 9.17) is 21.1 Å². The van der Waals surface area contributed by atoms with Crippen LogP contribution in [0, 0.1) is 6.92 Å². The smallest absolute Gasteiger partial charge is 0.372 e. The van der Waals surface area contributed by atoms with Gasteiger partial charge in [0.05, 0.1) is 5.02 Å². The quantitative estimate of drug-likeness (QED) is 0.863. The Bertz CT molecular complexity index is 663. The van der Waals surface area contributed by atoms with Gasteiger partial charge in [-0.05, 0) is 44.6 Å². The lowest BCUT2D eigenvalue weighted by Crippen LogP contribution is -2.18. The first kappa shape index (κ1) is 15.9. The molecule has 0 atom stereocenters. The maximum absolute atomic E-state index is 11.1. The number of carboxylic acid groups (broad SMARTS) is 1. The summed E-state index contributed by atoms with van der Waals surface area (Å²) in [4.78, 5) is 13.4. The fraction of sp³-hybridized carbons (Fsp3) is 0.438. The van der Waals surface area contributed by atoms with E-state index >= 15 is 0 Å². The number of hydrogen-bond acceptors (Lipinski definition) is 3. The van der Waals surface area contributed by atoms with Crippen molar-refractivity contribution >= 4 is 28.5 Å². The van der Waals surface area contributed by atoms with Crippen molar-refractivity contribution in [3.05, 3.63) is 34.0 Å². The van der Waals surface area contributed by atoms with Gasteiger partial charge in [-0.25, -0.2) is 4.79 Å². The van der Waals surface area contributed by atoms with Crippen molar-refractivity contribution in [3.8, 4) is 0 Å². The van der Waals surface area contributed by atoms with Crippen LogP contribution in [0.2, 0.25) is 5.02 Å². The molecule has 2 rings (SSSR count). The van der Waals surface area contributed by atoms with Crippen LogP contribution < -0.4 is 0 Å². The highest BCUT2D eigenvalue weighted by Crippen LogP contribution is 2.32. The fourth-order valence-corrected chi connectivity index (χ4v) is 2.73. The molecule has 0 radical (unpaired) electrons. The van der Waals surface area contributed by atoms with E-state index in [9.17, 15) is 4.79 Å². The summed E-state index contributed by atoms with van der Waals surface area (Å²) in [5.74, 6) is -1.11. The number of furan rings is 1. The van der Waals surface area contributed by atoms with Gasteiger partial charge in [0.2, 0.25) is 5.76 Å². The average molecular weight is 310 g/mol. The van der Waals surface area contributed by atoms with Crippen LogP contribution in [-0.4, -0.2) is 29.6 Å². The van der Waals surface area contributed by atoms with E-state index in [1.54, 1.807) is 6.92 Å². The van der Waals surface area contributed by atoms with Gasteiger partial charge in [0.25, 0.3) is 0 Å². The van der Waals surface area contributed by atoms with Gasteiger partial charge in [-0.15, -0.1) is 0 Å². The second kappa shape index (κ2) is 6.50. The normalized spacial score (nSPS) is 11.5. The molecule has 0 aliphatic carbocycles. The zero-order valence-corrected chi connectivity index (χ0v) is 13.3. The molecular weight excluding hydrogens is 290 g/mol. The molecule has 21 heavy (non-hydrogen) atoms. The van der Waals surface area contributed by atoms with Gasteiger partial charge in [-0.3, -0.25) is 0 Å². The first-order chi connectivity index (χ1) is 9.93. The van der Waals surface area contributed by atoms with Gasteiger partial charge in [0.15, 0.2) is 5.58 Å². The maximum Gasteiger partial charge on any atom is 0.372 e. The third-order valence-corrected chi connectivity index (χ3v) is 3.87. The fourth-order valence-electron chi connectivity index (χ4n) is 2.45. The molecule has 1 aromatic heterocycles. The summed E-state index contributed by atoms with van der Waals surface area (Å²) in [5.41, 5.74) is 2.14. The van der Waals surface area contributed by atoms with Crippen LogP contribution >= 0.6 is 11.6 Å². The van der Waals surface area contributed by atoms with Crippen molar-refractivity contribution in [3.63, 3.8) is 0 Å². The number of carbonyl (C=O) groups is 1. The number of halogens is 1. The number of nitrogens with zero attached hydrogens (tertiary/aromatic N) is 1. The van der Waals surface area contributed by atoms with Crippen LogP contribution in [0.25, 0.3) is 11.0 Å². The molecule has 0 fully saturated rings. The maximum atomic E-state index is 11.1. The van der Waals surface area contributed by atoms with Crippen molar-refractivity contribution < 1.29 is 14.3 Å². The third kappa shape index (κ3) is 3.39. The summed E-state index contributed by atoms with van der Waals surface area (Å²) >= 11 is 6.23. The number of carboxylic acids is 1. The largest absolute Gasteiger partial charge is 0.475 e. The molecule has 0 aliphatic heterocycles. The molecule has 0 saturated heterocycles. The highest BCUT2D eigenvalue weighted by atomic mass is 35.5. The molecule has 0 spiro atoms. The zero-order chi connectivity index (χ0) is 15.6. The number of aryl methyl sites for hydroxylation is 1. The minimum Gasteiger partial charge on any atom is -0.475 e. The molecule has 2 aromatic rings. The van der Waals surface area contributed by atoms with Crippen LogP contribution in [0.5, 0.6) is 0 Å². The molecule has 0 aliphatic rings. The van der Waals surface area contributed by atoms with Crippen LogP contribution in [-0.2, 0) is 6.54 Å². The lowest BCUT2D eigenvalue weighted by molar-refractivity contribution is 0.0664. The second-order valence-electron chi connectivity index (χ2n) is 5.41. The molecule has 0 bridgehead atoms. The Labute approximate surface area is 129 Å². The van der Waals surface area contributed by atoms with Crippen molar-refractivity contribution in [2.75, 3.05) is 13.6 Å². The number of aromatic carboxylic acids is 1. The molecule has 0 unspecified atom stereocenters. The second-order valence-corrected chi connectivity index (χ2v) is 5.81. The van der Waals surface area contributed by atoms with Gasteiger partial charge in [-0.2, -0.15) is 0 Å². The summed E-state index contributed by atoms with van der Waals surface area (Å²) in [6, 6.07) is 3.82. The van der Waals surface area contributed by atoms with Crippen molar-refractivity contribution in [2.24, 2.45) is 0 Å². The third-order valence-electron chi connectivity index (χ3n) is 3.59. The van der Waals surface area contributed by atoms with E-state index in [-0.39, 0.29) is 5.76 Å². The van der Waals surface area contributed by atoms with Gasteiger partial charge < -0.3 is 14.4 Å². The van der Waals surface area contributed by atoms with Crippen LogP contribution in [0.1, 0.15) is 41.4 Å². The minimum atomic E-state index is -1.07. The monoisotopic (exact) mass is 309 g/mol. The summed E-state index contributed by atoms with van der Waals surface area (Å²) < 4.78 is 5.37. The molecule has 114 valence electrons. The van der Waals surface area contributed by atoms with E-state index in [0.29, 0.717) is 16.2 Å². The minimum absolute atomic E-state index is 0.0385. The van der Waals surface area contributed by atoms with Crippen molar-refractivity contribution in [2.45, 2.75) is 33.2 Å².